The van der Waals surface area contributed by atoms with Crippen molar-refractivity contribution < 1.29 is 30.9 Å². The molecule has 1 aromatic carbocycles. The first-order chi connectivity index (χ1) is 12.6. The summed E-state index contributed by atoms with van der Waals surface area (Å²) in [7, 11) is 0. The van der Waals surface area contributed by atoms with Crippen LogP contribution >= 0.6 is 0 Å². The maximum absolute atomic E-state index is 12.9. The van der Waals surface area contributed by atoms with E-state index in [0.29, 0.717) is 24.6 Å². The van der Waals surface area contributed by atoms with Crippen molar-refractivity contribution in [1.29, 1.82) is 0 Å². The predicted molar refractivity (Wildman–Crippen MR) is 84.2 cm³/mol. The Kier molecular flexibility index (Phi) is 5.27. The van der Waals surface area contributed by atoms with Gasteiger partial charge in [-0.1, -0.05) is 11.2 Å². The number of hydrogen-bond acceptors (Lipinski definition) is 4. The second-order valence-corrected chi connectivity index (χ2v) is 6.20. The number of likely N-dealkylation sites (tertiary alicyclic amines) is 1. The van der Waals surface area contributed by atoms with E-state index >= 15 is 0 Å². The highest BCUT2D eigenvalue weighted by Gasteiger charge is 2.36. The van der Waals surface area contributed by atoms with Crippen LogP contribution in [0.4, 0.5) is 26.3 Å². The normalized spacial score (nSPS) is 16.5. The lowest BCUT2D eigenvalue weighted by Crippen LogP contribution is -2.18. The highest BCUT2D eigenvalue weighted by atomic mass is 19.4. The maximum atomic E-state index is 12.9. The van der Waals surface area contributed by atoms with E-state index < -0.39 is 23.5 Å². The van der Waals surface area contributed by atoms with Gasteiger partial charge in [-0.2, -0.15) is 31.3 Å². The van der Waals surface area contributed by atoms with E-state index in [1.165, 1.54) is 6.08 Å². The van der Waals surface area contributed by atoms with Gasteiger partial charge in [-0.25, -0.2) is 0 Å². The van der Waals surface area contributed by atoms with Crippen LogP contribution in [-0.4, -0.2) is 28.1 Å². The Morgan fingerprint density at radius 1 is 0.926 bits per heavy atom. The monoisotopic (exact) mass is 391 g/mol. The summed E-state index contributed by atoms with van der Waals surface area (Å²) in [6, 6.07) is 1.35. The Balaban J connectivity index is 1.80. The molecule has 0 amide bonds. The molecular weight excluding hydrogens is 376 g/mol. The molecule has 27 heavy (non-hydrogen) atoms. The van der Waals surface area contributed by atoms with Gasteiger partial charge < -0.3 is 4.52 Å². The Morgan fingerprint density at radius 2 is 1.52 bits per heavy atom. The van der Waals surface area contributed by atoms with Crippen molar-refractivity contribution in [2.75, 3.05) is 13.1 Å². The largest absolute Gasteiger partial charge is 0.416 e. The van der Waals surface area contributed by atoms with Crippen LogP contribution in [-0.2, 0) is 18.9 Å². The van der Waals surface area contributed by atoms with E-state index in [0.717, 1.165) is 32.0 Å². The molecule has 0 radical (unpaired) electrons. The Morgan fingerprint density at radius 3 is 2.07 bits per heavy atom. The van der Waals surface area contributed by atoms with Crippen molar-refractivity contribution in [3.05, 3.63) is 46.6 Å². The number of benzene rings is 1. The van der Waals surface area contributed by atoms with Gasteiger partial charge in [0.25, 0.3) is 0 Å². The van der Waals surface area contributed by atoms with Crippen LogP contribution in [0.5, 0.6) is 0 Å². The number of alkyl halides is 6. The zero-order valence-electron chi connectivity index (χ0n) is 13.9. The fourth-order valence-corrected chi connectivity index (χ4v) is 2.78. The van der Waals surface area contributed by atoms with E-state index in [9.17, 15) is 26.3 Å². The molecule has 146 valence electrons. The molecule has 0 spiro atoms. The second kappa shape index (κ2) is 7.34. The third kappa shape index (κ3) is 5.09. The molecule has 1 saturated heterocycles. The van der Waals surface area contributed by atoms with Gasteiger partial charge in [-0.05, 0) is 55.8 Å². The Bertz CT molecular complexity index is 787. The lowest BCUT2D eigenvalue weighted by molar-refractivity contribution is -0.143. The summed E-state index contributed by atoms with van der Waals surface area (Å²) in [5, 5.41) is 3.67. The minimum absolute atomic E-state index is 0.0789. The molecule has 0 atom stereocenters. The molecule has 4 nitrogen and oxygen atoms in total. The summed E-state index contributed by atoms with van der Waals surface area (Å²) in [6.45, 7) is 2.29. The van der Waals surface area contributed by atoms with Gasteiger partial charge in [0.2, 0.25) is 5.89 Å². The van der Waals surface area contributed by atoms with E-state index in [2.05, 4.69) is 15.0 Å². The molecule has 3 rings (SSSR count). The van der Waals surface area contributed by atoms with Crippen LogP contribution in [0, 0.1) is 0 Å². The minimum atomic E-state index is -4.89. The topological polar surface area (TPSA) is 42.2 Å². The van der Waals surface area contributed by atoms with Crippen LogP contribution in [0.25, 0.3) is 12.2 Å². The summed E-state index contributed by atoms with van der Waals surface area (Å²) in [6.07, 6.45) is -5.31. The molecule has 2 heterocycles. The lowest BCUT2D eigenvalue weighted by Gasteiger charge is -2.12. The van der Waals surface area contributed by atoms with Crippen LogP contribution in [0.2, 0.25) is 0 Å². The molecule has 0 N–H and O–H groups in total. The second-order valence-electron chi connectivity index (χ2n) is 6.20. The minimum Gasteiger partial charge on any atom is -0.338 e. The highest BCUT2D eigenvalue weighted by Crippen LogP contribution is 2.36. The van der Waals surface area contributed by atoms with Crippen molar-refractivity contribution in [3.8, 4) is 0 Å². The van der Waals surface area contributed by atoms with Gasteiger partial charge in [0.15, 0.2) is 5.82 Å². The van der Waals surface area contributed by atoms with Crippen LogP contribution in [0.1, 0.15) is 41.2 Å². The third-order valence-electron chi connectivity index (χ3n) is 4.08. The standard InChI is InChI=1S/C17H15F6N3O/c18-16(19,20)12-7-11(8-13(9-12)17(21,22)23)3-4-14-24-15(27-25-14)10-26-5-1-2-6-26/h3-4,7-9H,1-2,5-6,10H2/b4-3+. The SMILES string of the molecule is FC(F)(F)c1cc(/C=C/c2noc(CN3CCCC3)n2)cc(C(F)(F)F)c1. The van der Waals surface area contributed by atoms with Crippen LogP contribution < -0.4 is 0 Å². The van der Waals surface area contributed by atoms with Gasteiger partial charge in [-0.15, -0.1) is 0 Å². The first kappa shape index (κ1) is 19.4. The number of halogens is 6. The number of nitrogens with zero attached hydrogens (tertiary/aromatic N) is 3. The van der Waals surface area contributed by atoms with Gasteiger partial charge in [0.05, 0.1) is 17.7 Å². The van der Waals surface area contributed by atoms with Crippen molar-refractivity contribution in [1.82, 2.24) is 15.0 Å². The molecule has 1 aliphatic rings. The molecule has 2 aromatic rings. The number of aromatic nitrogens is 2. The summed E-state index contributed by atoms with van der Waals surface area (Å²) in [4.78, 5) is 6.19. The first-order valence-corrected chi connectivity index (χ1v) is 8.14. The Labute approximate surface area is 150 Å². The van der Waals surface area contributed by atoms with E-state index in [1.54, 1.807) is 0 Å². The molecule has 1 aromatic heterocycles. The third-order valence-corrected chi connectivity index (χ3v) is 4.08. The van der Waals surface area contributed by atoms with Crippen molar-refractivity contribution in [2.45, 2.75) is 31.7 Å². The van der Waals surface area contributed by atoms with Gasteiger partial charge in [-0.3, -0.25) is 4.90 Å². The lowest BCUT2D eigenvalue weighted by atomic mass is 10.0. The smallest absolute Gasteiger partial charge is 0.338 e. The quantitative estimate of drug-likeness (QED) is 0.698. The molecule has 0 aliphatic carbocycles. The van der Waals surface area contributed by atoms with Crippen LogP contribution in [0.15, 0.2) is 22.7 Å². The van der Waals surface area contributed by atoms with E-state index in [4.69, 9.17) is 4.52 Å². The predicted octanol–water partition coefficient (Wildman–Crippen LogP) is 4.87. The molecule has 10 heteroatoms. The zero-order chi connectivity index (χ0) is 19.7. The molecular formula is C17H15F6N3O. The Hall–Kier alpha value is -2.36. The fraction of sp³-hybridized carbons (Fsp3) is 0.412. The number of rotatable bonds is 4. The van der Waals surface area contributed by atoms with Crippen molar-refractivity contribution in [2.24, 2.45) is 0 Å². The summed E-state index contributed by atoms with van der Waals surface area (Å²) < 4.78 is 82.2. The zero-order valence-corrected chi connectivity index (χ0v) is 13.9. The highest BCUT2D eigenvalue weighted by molar-refractivity contribution is 5.67. The van der Waals surface area contributed by atoms with E-state index in [-0.39, 0.29) is 17.5 Å². The average Bonchev–Trinajstić information content (AvgIpc) is 3.23. The molecule has 0 bridgehead atoms. The average molecular weight is 391 g/mol. The molecule has 1 fully saturated rings. The maximum Gasteiger partial charge on any atom is 0.416 e. The summed E-state index contributed by atoms with van der Waals surface area (Å²) in [5.41, 5.74) is -3.01. The van der Waals surface area contributed by atoms with E-state index in [1.807, 2.05) is 0 Å². The van der Waals surface area contributed by atoms with Gasteiger partial charge in [0, 0.05) is 0 Å². The van der Waals surface area contributed by atoms with Crippen LogP contribution in [0.3, 0.4) is 0 Å². The summed E-state index contributed by atoms with van der Waals surface area (Å²) in [5.74, 6) is 0.423. The molecule has 1 aliphatic heterocycles. The number of hydrogen-bond donors (Lipinski definition) is 0. The van der Waals surface area contributed by atoms with Crippen molar-refractivity contribution in [3.63, 3.8) is 0 Å². The molecule has 0 unspecified atom stereocenters. The van der Waals surface area contributed by atoms with Gasteiger partial charge >= 0.3 is 12.4 Å². The summed E-state index contributed by atoms with van der Waals surface area (Å²) >= 11 is 0. The molecule has 0 saturated carbocycles. The van der Waals surface area contributed by atoms with Gasteiger partial charge in [0.1, 0.15) is 0 Å². The fourth-order valence-electron chi connectivity index (χ4n) is 2.78. The van der Waals surface area contributed by atoms with Crippen molar-refractivity contribution >= 4 is 12.2 Å². The first-order valence-electron chi connectivity index (χ1n) is 8.14.